The zero-order valence-electron chi connectivity index (χ0n) is 13.8. The highest BCUT2D eigenvalue weighted by Crippen LogP contribution is 2.42. The quantitative estimate of drug-likeness (QED) is 0.815. The van der Waals surface area contributed by atoms with Crippen LogP contribution in [0.25, 0.3) is 0 Å². The summed E-state index contributed by atoms with van der Waals surface area (Å²) in [5.74, 6) is 0.464. The van der Waals surface area contributed by atoms with Crippen molar-refractivity contribution in [1.29, 1.82) is 0 Å². The number of hydrogen-bond acceptors (Lipinski definition) is 4. The predicted molar refractivity (Wildman–Crippen MR) is 89.0 cm³/mol. The van der Waals surface area contributed by atoms with Gasteiger partial charge in [0.2, 0.25) is 0 Å². The number of pyridine rings is 1. The summed E-state index contributed by atoms with van der Waals surface area (Å²) >= 11 is 0. The van der Waals surface area contributed by atoms with Crippen LogP contribution in [0.2, 0.25) is 0 Å². The van der Waals surface area contributed by atoms with E-state index in [1.165, 1.54) is 12.3 Å². The number of halogens is 3. The van der Waals surface area contributed by atoms with Crippen molar-refractivity contribution in [3.63, 3.8) is 0 Å². The highest BCUT2D eigenvalue weighted by Gasteiger charge is 2.33. The van der Waals surface area contributed by atoms with E-state index >= 15 is 0 Å². The molecule has 0 bridgehead atoms. The first-order chi connectivity index (χ1) is 12.2. The normalized spacial score (nSPS) is 16.3. The summed E-state index contributed by atoms with van der Waals surface area (Å²) in [4.78, 5) is 3.57. The lowest BCUT2D eigenvalue weighted by Gasteiger charge is -2.15. The second-order valence-corrected chi connectivity index (χ2v) is 7.78. The van der Waals surface area contributed by atoms with E-state index in [-0.39, 0.29) is 11.9 Å². The molecule has 1 unspecified atom stereocenters. The van der Waals surface area contributed by atoms with Crippen molar-refractivity contribution in [2.45, 2.75) is 30.0 Å². The van der Waals surface area contributed by atoms with E-state index in [4.69, 9.17) is 4.74 Å². The van der Waals surface area contributed by atoms with E-state index < -0.39 is 26.7 Å². The van der Waals surface area contributed by atoms with Crippen LogP contribution in [-0.4, -0.2) is 20.5 Å². The Kier molecular flexibility index (Phi) is 4.94. The average molecular weight is 386 g/mol. The number of sulfonamides is 1. The highest BCUT2D eigenvalue weighted by molar-refractivity contribution is 7.92. The molecule has 1 fully saturated rings. The Morgan fingerprint density at radius 1 is 1.23 bits per heavy atom. The first-order valence-electron chi connectivity index (χ1n) is 7.89. The van der Waals surface area contributed by atoms with Crippen molar-refractivity contribution >= 4 is 15.8 Å². The molecule has 9 heteroatoms. The number of hydrogen-bond donors (Lipinski definition) is 1. The van der Waals surface area contributed by atoms with Crippen LogP contribution in [0, 0.1) is 5.92 Å². The highest BCUT2D eigenvalue weighted by atomic mass is 32.2. The Balaban J connectivity index is 1.79. The summed E-state index contributed by atoms with van der Waals surface area (Å²) < 4.78 is 70.6. The number of ether oxygens (including phenoxy) is 1. The Hall–Kier alpha value is -2.13. The van der Waals surface area contributed by atoms with Crippen molar-refractivity contribution in [3.8, 4) is 0 Å². The van der Waals surface area contributed by atoms with E-state index in [1.54, 1.807) is 13.2 Å². The summed E-state index contributed by atoms with van der Waals surface area (Å²) in [6.45, 7) is 0. The van der Waals surface area contributed by atoms with Crippen LogP contribution in [-0.2, 0) is 20.9 Å². The molecule has 1 aromatic heterocycles. The van der Waals surface area contributed by atoms with Crippen molar-refractivity contribution in [2.24, 2.45) is 5.92 Å². The number of aromatic nitrogens is 1. The molecule has 140 valence electrons. The van der Waals surface area contributed by atoms with Crippen LogP contribution < -0.4 is 4.72 Å². The average Bonchev–Trinajstić information content (AvgIpc) is 3.41. The van der Waals surface area contributed by atoms with E-state index in [0.717, 1.165) is 36.6 Å². The first kappa shape index (κ1) is 18.7. The van der Waals surface area contributed by atoms with Crippen molar-refractivity contribution in [1.82, 2.24) is 4.98 Å². The lowest BCUT2D eigenvalue weighted by molar-refractivity contribution is -0.137. The van der Waals surface area contributed by atoms with Crippen molar-refractivity contribution in [2.75, 3.05) is 11.8 Å². The molecule has 1 aliphatic rings. The molecular formula is C17H17F3N2O3S. The standard InChI is InChI=1S/C17H17F3N2O3S/c1-25-16(11-5-6-11)12-7-8-15(21-10-12)22-26(23,24)14-4-2-3-13(9-14)17(18,19)20/h2-4,7-11,16H,5-6H2,1H3,(H,21,22). The lowest BCUT2D eigenvalue weighted by atomic mass is 10.1. The van der Waals surface area contributed by atoms with Crippen LogP contribution in [0.15, 0.2) is 47.5 Å². The third kappa shape index (κ3) is 4.16. The number of nitrogens with one attached hydrogen (secondary N) is 1. The Morgan fingerprint density at radius 2 is 1.96 bits per heavy atom. The van der Waals surface area contributed by atoms with E-state index in [0.29, 0.717) is 12.0 Å². The van der Waals surface area contributed by atoms with Gasteiger partial charge in [-0.2, -0.15) is 13.2 Å². The second-order valence-electron chi connectivity index (χ2n) is 6.10. The summed E-state index contributed by atoms with van der Waals surface area (Å²) in [5, 5.41) is 0. The minimum atomic E-state index is -4.62. The first-order valence-corrected chi connectivity index (χ1v) is 9.38. The summed E-state index contributed by atoms with van der Waals surface area (Å²) in [7, 11) is -2.58. The van der Waals surface area contributed by atoms with Gasteiger partial charge in [0.25, 0.3) is 10.0 Å². The number of benzene rings is 1. The third-order valence-electron chi connectivity index (χ3n) is 4.13. The van der Waals surface area contributed by atoms with Gasteiger partial charge in [-0.1, -0.05) is 12.1 Å². The lowest BCUT2D eigenvalue weighted by Crippen LogP contribution is -2.15. The monoisotopic (exact) mass is 386 g/mol. The van der Waals surface area contributed by atoms with Crippen LogP contribution >= 0.6 is 0 Å². The maximum atomic E-state index is 12.8. The second kappa shape index (κ2) is 6.88. The van der Waals surface area contributed by atoms with E-state index in [9.17, 15) is 21.6 Å². The van der Waals surface area contributed by atoms with Gasteiger partial charge in [0.05, 0.1) is 16.6 Å². The number of methoxy groups -OCH3 is 1. The smallest absolute Gasteiger partial charge is 0.376 e. The Labute approximate surface area is 149 Å². The van der Waals surface area contributed by atoms with Gasteiger partial charge < -0.3 is 4.74 Å². The van der Waals surface area contributed by atoms with Gasteiger partial charge in [-0.05, 0) is 48.6 Å². The van der Waals surface area contributed by atoms with Crippen LogP contribution in [0.4, 0.5) is 19.0 Å². The van der Waals surface area contributed by atoms with Gasteiger partial charge in [-0.15, -0.1) is 0 Å². The third-order valence-corrected chi connectivity index (χ3v) is 5.48. The van der Waals surface area contributed by atoms with Gasteiger partial charge in [0, 0.05) is 13.3 Å². The van der Waals surface area contributed by atoms with Crippen LogP contribution in [0.5, 0.6) is 0 Å². The molecule has 5 nitrogen and oxygen atoms in total. The molecule has 1 aromatic carbocycles. The van der Waals surface area contributed by atoms with Crippen LogP contribution in [0.1, 0.15) is 30.1 Å². The summed E-state index contributed by atoms with van der Waals surface area (Å²) in [6, 6.07) is 6.71. The van der Waals surface area contributed by atoms with Gasteiger partial charge in [0.1, 0.15) is 5.82 Å². The van der Waals surface area contributed by atoms with E-state index in [1.807, 2.05) is 0 Å². The molecule has 0 spiro atoms. The maximum Gasteiger partial charge on any atom is 0.416 e. The zero-order chi connectivity index (χ0) is 18.9. The van der Waals surface area contributed by atoms with E-state index in [2.05, 4.69) is 9.71 Å². The van der Waals surface area contributed by atoms with Gasteiger partial charge in [0.15, 0.2) is 0 Å². The molecule has 1 N–H and O–H groups in total. The summed E-state index contributed by atoms with van der Waals surface area (Å²) in [5.41, 5.74) is -0.201. The molecule has 26 heavy (non-hydrogen) atoms. The van der Waals surface area contributed by atoms with Gasteiger partial charge in [-0.25, -0.2) is 13.4 Å². The zero-order valence-corrected chi connectivity index (χ0v) is 14.6. The topological polar surface area (TPSA) is 68.3 Å². The van der Waals surface area contributed by atoms with Crippen molar-refractivity contribution < 1.29 is 26.3 Å². The molecule has 3 rings (SSSR count). The predicted octanol–water partition coefficient (Wildman–Crippen LogP) is 4.00. The molecule has 0 amide bonds. The maximum absolute atomic E-state index is 12.8. The minimum Gasteiger partial charge on any atom is -0.376 e. The molecule has 0 aliphatic heterocycles. The SMILES string of the molecule is COC(c1ccc(NS(=O)(=O)c2cccc(C(F)(F)F)c2)nc1)C1CC1. The van der Waals surface area contributed by atoms with Crippen LogP contribution in [0.3, 0.4) is 0 Å². The number of alkyl halides is 3. The fourth-order valence-corrected chi connectivity index (χ4v) is 3.72. The fourth-order valence-electron chi connectivity index (χ4n) is 2.67. The Bertz CT molecular complexity index is 879. The molecule has 2 aromatic rings. The molecule has 0 saturated heterocycles. The molecular weight excluding hydrogens is 369 g/mol. The van der Waals surface area contributed by atoms with Gasteiger partial charge >= 0.3 is 6.18 Å². The largest absolute Gasteiger partial charge is 0.416 e. The molecule has 1 heterocycles. The van der Waals surface area contributed by atoms with Crippen molar-refractivity contribution in [3.05, 3.63) is 53.7 Å². The molecule has 1 aliphatic carbocycles. The Morgan fingerprint density at radius 3 is 2.50 bits per heavy atom. The fraction of sp³-hybridized carbons (Fsp3) is 0.353. The van der Waals surface area contributed by atoms with Gasteiger partial charge in [-0.3, -0.25) is 4.72 Å². The molecule has 1 atom stereocenters. The summed E-state index contributed by atoms with van der Waals surface area (Å²) in [6.07, 6.45) is -1.05. The number of anilines is 1. The number of nitrogens with zero attached hydrogens (tertiary/aromatic N) is 1. The minimum absolute atomic E-state index is 0.0248. The number of rotatable bonds is 6. The molecule has 1 saturated carbocycles. The molecule has 0 radical (unpaired) electrons.